The van der Waals surface area contributed by atoms with Gasteiger partial charge in [0.2, 0.25) is 5.91 Å². The lowest BCUT2D eigenvalue weighted by Gasteiger charge is -2.47. The Bertz CT molecular complexity index is 834. The summed E-state index contributed by atoms with van der Waals surface area (Å²) in [6, 6.07) is 8.77. The zero-order valence-corrected chi connectivity index (χ0v) is 14.6. The smallest absolute Gasteiger partial charge is 0.353 e. The molecule has 26 heavy (non-hydrogen) atoms. The van der Waals surface area contributed by atoms with Crippen LogP contribution in [0.1, 0.15) is 12.5 Å². The number of β-lactam (4-membered cyclic amide) rings is 1. The zero-order chi connectivity index (χ0) is 18.7. The molecule has 2 aliphatic heterocycles. The van der Waals surface area contributed by atoms with Crippen molar-refractivity contribution in [1.29, 1.82) is 0 Å². The predicted molar refractivity (Wildman–Crippen MR) is 97.9 cm³/mol. The molecule has 0 radical (unpaired) electrons. The van der Waals surface area contributed by atoms with Gasteiger partial charge in [0.1, 0.15) is 11.1 Å². The second-order valence-electron chi connectivity index (χ2n) is 5.65. The Morgan fingerprint density at radius 2 is 2.04 bits per heavy atom. The van der Waals surface area contributed by atoms with E-state index in [1.54, 1.807) is 6.21 Å². The molecule has 0 bridgehead atoms. The lowest BCUT2D eigenvalue weighted by Crippen LogP contribution is -2.64. The Kier molecular flexibility index (Phi) is 5.17. The quantitative estimate of drug-likeness (QED) is 0.452. The van der Waals surface area contributed by atoms with Crippen molar-refractivity contribution in [1.82, 2.24) is 10.3 Å². The van der Waals surface area contributed by atoms with Gasteiger partial charge in [-0.1, -0.05) is 30.3 Å². The van der Waals surface area contributed by atoms with E-state index in [4.69, 9.17) is 0 Å². The molecule has 134 valence electrons. The van der Waals surface area contributed by atoms with Crippen molar-refractivity contribution >= 4 is 42.0 Å². The van der Waals surface area contributed by atoms with Crippen molar-refractivity contribution in [3.8, 4) is 0 Å². The van der Waals surface area contributed by atoms with Gasteiger partial charge in [-0.2, -0.15) is 5.10 Å². The third kappa shape index (κ3) is 3.52. The van der Waals surface area contributed by atoms with Gasteiger partial charge in [0.25, 0.3) is 5.91 Å². The van der Waals surface area contributed by atoms with Gasteiger partial charge in [-0.25, -0.2) is 10.2 Å². The number of carboxylic acids is 1. The minimum absolute atomic E-state index is 0.112. The first-order valence-electron chi connectivity index (χ1n) is 7.78. The molecule has 8 nitrogen and oxygen atoms in total. The van der Waals surface area contributed by atoms with E-state index in [1.807, 2.05) is 30.3 Å². The summed E-state index contributed by atoms with van der Waals surface area (Å²) in [5, 5.41) is 12.9. The van der Waals surface area contributed by atoms with Crippen LogP contribution in [0.25, 0.3) is 0 Å². The zero-order valence-electron chi connectivity index (χ0n) is 13.8. The van der Waals surface area contributed by atoms with E-state index in [0.29, 0.717) is 11.3 Å². The summed E-state index contributed by atoms with van der Waals surface area (Å²) in [4.78, 5) is 40.5. The topological polar surface area (TPSA) is 111 Å². The van der Waals surface area contributed by atoms with Gasteiger partial charge < -0.3 is 5.11 Å². The van der Waals surface area contributed by atoms with E-state index in [0.717, 1.165) is 5.56 Å². The summed E-state index contributed by atoms with van der Waals surface area (Å²) in [7, 11) is 0. The molecule has 2 aliphatic rings. The number of rotatable bonds is 5. The van der Waals surface area contributed by atoms with Crippen LogP contribution in [0.5, 0.6) is 0 Å². The number of aliphatic imine (C=N–C) groups is 1. The summed E-state index contributed by atoms with van der Waals surface area (Å²) < 4.78 is 0. The fourth-order valence-electron chi connectivity index (χ4n) is 2.63. The number of nitrogens with zero attached hydrogens (tertiary/aromatic N) is 3. The van der Waals surface area contributed by atoms with E-state index >= 15 is 0 Å². The normalized spacial score (nSPS) is 22.5. The number of hydrazone groups is 1. The predicted octanol–water partition coefficient (Wildman–Crippen LogP) is 0.850. The minimum atomic E-state index is -1.21. The highest BCUT2D eigenvalue weighted by Crippen LogP contribution is 2.41. The lowest BCUT2D eigenvalue weighted by molar-refractivity contribution is -0.147. The summed E-state index contributed by atoms with van der Waals surface area (Å²) in [5.74, 6) is -1.58. The first kappa shape index (κ1) is 17.9. The molecular weight excluding hydrogens is 356 g/mol. The standard InChI is InChI=1S/C17H16N4O4S/c1-10(22)20-19-8-12-9-26-16-13(15(23)21(16)14(12)17(24)25)18-7-11-5-3-2-4-6-11/h2-8,13,16H,9H2,1H3,(H,20,22)(H,24,25)/b18-7?,19-8+/t13?,16-/m1/s1. The molecule has 1 fully saturated rings. The van der Waals surface area contributed by atoms with Gasteiger partial charge in [0.15, 0.2) is 6.04 Å². The van der Waals surface area contributed by atoms with Crippen LogP contribution in [0, 0.1) is 0 Å². The van der Waals surface area contributed by atoms with Gasteiger partial charge in [0.05, 0.1) is 6.21 Å². The van der Waals surface area contributed by atoms with Gasteiger partial charge in [-0.05, 0) is 5.56 Å². The summed E-state index contributed by atoms with van der Waals surface area (Å²) in [6.45, 7) is 1.30. The number of carbonyl (C=O) groups is 3. The number of carbonyl (C=O) groups excluding carboxylic acids is 2. The number of benzene rings is 1. The summed E-state index contributed by atoms with van der Waals surface area (Å²) >= 11 is 1.41. The first-order chi connectivity index (χ1) is 12.5. The molecule has 2 amide bonds. The van der Waals surface area contributed by atoms with Crippen LogP contribution >= 0.6 is 11.8 Å². The molecule has 0 aliphatic carbocycles. The number of hydrogen-bond donors (Lipinski definition) is 2. The third-order valence-corrected chi connectivity index (χ3v) is 5.09. The maximum Gasteiger partial charge on any atom is 0.353 e. The van der Waals surface area contributed by atoms with Crippen LogP contribution in [-0.4, -0.2) is 57.4 Å². The molecule has 2 atom stereocenters. The Labute approximate surface area is 153 Å². The molecule has 1 unspecified atom stereocenters. The molecule has 2 N–H and O–H groups in total. The maximum absolute atomic E-state index is 12.4. The fourth-order valence-corrected chi connectivity index (χ4v) is 3.92. The highest BCUT2D eigenvalue weighted by atomic mass is 32.2. The molecular formula is C17H16N4O4S. The van der Waals surface area contributed by atoms with Crippen molar-refractivity contribution in [2.45, 2.75) is 18.3 Å². The fraction of sp³-hybridized carbons (Fsp3) is 0.235. The van der Waals surface area contributed by atoms with Crippen LogP contribution in [-0.2, 0) is 14.4 Å². The Morgan fingerprint density at radius 1 is 1.31 bits per heavy atom. The Balaban J connectivity index is 1.79. The maximum atomic E-state index is 12.4. The van der Waals surface area contributed by atoms with E-state index < -0.39 is 12.0 Å². The lowest BCUT2D eigenvalue weighted by atomic mass is 10.0. The van der Waals surface area contributed by atoms with Crippen molar-refractivity contribution in [2.24, 2.45) is 10.1 Å². The van der Waals surface area contributed by atoms with Crippen LogP contribution in [0.15, 0.2) is 51.7 Å². The van der Waals surface area contributed by atoms with Crippen molar-refractivity contribution < 1.29 is 19.5 Å². The Hall–Kier alpha value is -2.94. The highest BCUT2D eigenvalue weighted by Gasteiger charge is 2.53. The van der Waals surface area contributed by atoms with E-state index in [9.17, 15) is 19.5 Å². The van der Waals surface area contributed by atoms with E-state index in [1.165, 1.54) is 29.8 Å². The molecule has 1 aromatic rings. The van der Waals surface area contributed by atoms with Crippen molar-refractivity contribution in [3.63, 3.8) is 0 Å². The minimum Gasteiger partial charge on any atom is -0.477 e. The number of amides is 2. The molecule has 2 heterocycles. The Morgan fingerprint density at radius 3 is 2.69 bits per heavy atom. The monoisotopic (exact) mass is 372 g/mol. The van der Waals surface area contributed by atoms with E-state index in [-0.39, 0.29) is 22.9 Å². The molecule has 1 aromatic carbocycles. The largest absolute Gasteiger partial charge is 0.477 e. The number of hydrogen-bond acceptors (Lipinski definition) is 6. The number of carboxylic acid groups (broad SMARTS) is 1. The van der Waals surface area contributed by atoms with Crippen molar-refractivity contribution in [3.05, 3.63) is 47.2 Å². The molecule has 0 aromatic heterocycles. The first-order valence-corrected chi connectivity index (χ1v) is 8.83. The number of nitrogens with one attached hydrogen (secondary N) is 1. The van der Waals surface area contributed by atoms with Crippen LogP contribution in [0.2, 0.25) is 0 Å². The van der Waals surface area contributed by atoms with Gasteiger partial charge in [-0.3, -0.25) is 19.5 Å². The third-order valence-electron chi connectivity index (χ3n) is 3.80. The van der Waals surface area contributed by atoms with Crippen LogP contribution in [0.3, 0.4) is 0 Å². The van der Waals surface area contributed by atoms with Crippen molar-refractivity contribution in [2.75, 3.05) is 5.75 Å². The second-order valence-corrected chi connectivity index (χ2v) is 6.75. The van der Waals surface area contributed by atoms with E-state index in [2.05, 4.69) is 15.5 Å². The molecule has 0 saturated carbocycles. The van der Waals surface area contributed by atoms with Gasteiger partial charge in [0, 0.05) is 24.5 Å². The highest BCUT2D eigenvalue weighted by molar-refractivity contribution is 8.00. The molecule has 1 saturated heterocycles. The average Bonchev–Trinajstić information content (AvgIpc) is 2.61. The van der Waals surface area contributed by atoms with Crippen LogP contribution < -0.4 is 5.43 Å². The summed E-state index contributed by atoms with van der Waals surface area (Å²) in [5.41, 5.74) is 3.35. The average molecular weight is 372 g/mol. The SMILES string of the molecule is CC(=O)N/N=C/C1=C(C(=O)O)N2C(=O)C(N=Cc3ccccc3)[C@H]2SC1. The molecule has 9 heteroatoms. The van der Waals surface area contributed by atoms with Gasteiger partial charge >= 0.3 is 5.97 Å². The number of fused-ring (bicyclic) bond motifs is 1. The van der Waals surface area contributed by atoms with Gasteiger partial charge in [-0.15, -0.1) is 11.8 Å². The molecule has 0 spiro atoms. The van der Waals surface area contributed by atoms with Crippen LogP contribution in [0.4, 0.5) is 0 Å². The number of aliphatic carboxylic acids is 1. The second kappa shape index (κ2) is 7.52. The number of thioether (sulfide) groups is 1. The molecule has 3 rings (SSSR count). The summed E-state index contributed by atoms with van der Waals surface area (Å²) in [6.07, 6.45) is 2.89.